The third kappa shape index (κ3) is 1.34. The molecule has 2 nitrogen and oxygen atoms in total. The molecule has 0 aromatic carbocycles. The van der Waals surface area contributed by atoms with Crippen molar-refractivity contribution in [3.63, 3.8) is 0 Å². The van der Waals surface area contributed by atoms with E-state index in [4.69, 9.17) is 0 Å². The summed E-state index contributed by atoms with van der Waals surface area (Å²) in [4.78, 5) is 10.7. The molecule has 1 radical (unpaired) electrons. The Morgan fingerprint density at radius 1 is 1.06 bits per heavy atom. The van der Waals surface area contributed by atoms with Gasteiger partial charge in [-0.15, -0.1) is 0 Å². The van der Waals surface area contributed by atoms with Crippen LogP contribution in [0.5, 0.6) is 0 Å². The predicted octanol–water partition coefficient (Wildman–Crippen LogP) is 2.64. The lowest BCUT2D eigenvalue weighted by Gasteiger charge is -2.62. The number of hydrogen-bond donors (Lipinski definition) is 1. The summed E-state index contributed by atoms with van der Waals surface area (Å²) in [6, 6.07) is 0. The Bertz CT molecular complexity index is 273. The highest BCUT2D eigenvalue weighted by Gasteiger charge is 2.57. The molecule has 4 rings (SSSR count). The Kier molecular flexibility index (Phi) is 2.15. The van der Waals surface area contributed by atoms with Gasteiger partial charge in [-0.25, -0.2) is 0 Å². The van der Waals surface area contributed by atoms with E-state index in [9.17, 15) is 4.79 Å². The minimum absolute atomic E-state index is 0.0647. The number of rotatable bonds is 3. The van der Waals surface area contributed by atoms with Crippen LogP contribution in [-0.2, 0) is 4.79 Å². The van der Waals surface area contributed by atoms with Gasteiger partial charge in [0, 0.05) is 5.54 Å². The number of hydrogen-bond acceptors (Lipinski definition) is 1. The van der Waals surface area contributed by atoms with Gasteiger partial charge in [0.05, 0.1) is 0 Å². The molecule has 4 bridgehead atoms. The van der Waals surface area contributed by atoms with Gasteiger partial charge >= 0.3 is 6.41 Å². The minimum Gasteiger partial charge on any atom is -0.342 e. The molecule has 89 valence electrons. The van der Waals surface area contributed by atoms with Gasteiger partial charge in [-0.3, -0.25) is 4.79 Å². The maximum atomic E-state index is 10.7. The Balaban J connectivity index is 1.90. The van der Waals surface area contributed by atoms with Crippen molar-refractivity contribution >= 4 is 6.41 Å². The van der Waals surface area contributed by atoms with E-state index in [0.29, 0.717) is 5.41 Å². The zero-order chi connectivity index (χ0) is 11.4. The summed E-state index contributed by atoms with van der Waals surface area (Å²) < 4.78 is 0. The lowest BCUT2D eigenvalue weighted by atomic mass is 9.45. The van der Waals surface area contributed by atoms with E-state index >= 15 is 0 Å². The molecule has 0 heterocycles. The molecule has 16 heavy (non-hydrogen) atoms. The third-order valence-electron chi connectivity index (χ3n) is 5.73. The number of nitrogens with one attached hydrogen (secondary N) is 1. The van der Waals surface area contributed by atoms with Gasteiger partial charge in [-0.1, -0.05) is 0 Å². The van der Waals surface area contributed by atoms with Gasteiger partial charge in [-0.2, -0.15) is 0 Å². The zero-order valence-electron chi connectivity index (χ0n) is 10.4. The molecule has 0 aromatic heterocycles. The summed E-state index contributed by atoms with van der Waals surface area (Å²) >= 11 is 0. The maximum absolute atomic E-state index is 10.7. The molecule has 4 aliphatic rings. The van der Waals surface area contributed by atoms with Crippen LogP contribution in [0.3, 0.4) is 0 Å². The van der Waals surface area contributed by atoms with Crippen LogP contribution in [0.1, 0.15) is 52.4 Å². The van der Waals surface area contributed by atoms with Crippen LogP contribution < -0.4 is 5.32 Å². The van der Waals surface area contributed by atoms with Crippen molar-refractivity contribution in [3.8, 4) is 0 Å². The van der Waals surface area contributed by atoms with E-state index < -0.39 is 0 Å². The van der Waals surface area contributed by atoms with Crippen molar-refractivity contribution in [1.29, 1.82) is 0 Å². The van der Waals surface area contributed by atoms with Crippen molar-refractivity contribution in [3.05, 3.63) is 0 Å². The number of amides is 1. The quantitative estimate of drug-likeness (QED) is 0.728. The predicted molar refractivity (Wildman–Crippen MR) is 63.5 cm³/mol. The van der Waals surface area contributed by atoms with Crippen LogP contribution in [0.4, 0.5) is 0 Å². The summed E-state index contributed by atoms with van der Waals surface area (Å²) in [5.74, 6) is 2.83. The molecular formula is C14H22NO. The molecule has 2 heteroatoms. The SMILES string of the molecule is CC(C)(N[C]=O)C12CC3CC(CC(C3)C1)C2. The van der Waals surface area contributed by atoms with Crippen molar-refractivity contribution in [2.24, 2.45) is 23.2 Å². The van der Waals surface area contributed by atoms with Crippen LogP contribution in [0, 0.1) is 23.2 Å². The largest absolute Gasteiger partial charge is 0.342 e. The topological polar surface area (TPSA) is 29.1 Å². The summed E-state index contributed by atoms with van der Waals surface area (Å²) in [6.07, 6.45) is 10.3. The highest BCUT2D eigenvalue weighted by atomic mass is 16.1. The molecule has 4 fully saturated rings. The van der Waals surface area contributed by atoms with E-state index in [1.165, 1.54) is 38.5 Å². The average molecular weight is 220 g/mol. The summed E-state index contributed by atoms with van der Waals surface area (Å²) in [5.41, 5.74) is 0.309. The molecule has 4 saturated carbocycles. The average Bonchev–Trinajstić information content (AvgIpc) is 2.14. The standard InChI is InChI=1S/C14H22NO/c1-13(2,15-9-16)14-6-10-3-11(7-14)5-12(4-10)8-14/h10-12H,3-8H2,1-2H3,(H,15,16). The summed E-state index contributed by atoms with van der Waals surface area (Å²) in [6.45, 7) is 4.40. The van der Waals surface area contributed by atoms with Crippen LogP contribution in [0.25, 0.3) is 0 Å². The van der Waals surface area contributed by atoms with Gasteiger partial charge < -0.3 is 5.32 Å². The second-order valence-electron chi connectivity index (χ2n) is 7.05. The highest BCUT2D eigenvalue weighted by Crippen LogP contribution is 2.63. The Labute approximate surface area is 98.2 Å². The second-order valence-corrected chi connectivity index (χ2v) is 7.05. The van der Waals surface area contributed by atoms with E-state index in [1.807, 2.05) is 6.41 Å². The van der Waals surface area contributed by atoms with E-state index in [-0.39, 0.29) is 5.54 Å². The first kappa shape index (κ1) is 10.6. The molecular weight excluding hydrogens is 198 g/mol. The van der Waals surface area contributed by atoms with Crippen LogP contribution in [-0.4, -0.2) is 11.9 Å². The Morgan fingerprint density at radius 2 is 1.50 bits per heavy atom. The molecule has 1 amide bonds. The van der Waals surface area contributed by atoms with E-state index in [0.717, 1.165) is 17.8 Å². The van der Waals surface area contributed by atoms with E-state index in [1.54, 1.807) is 0 Å². The molecule has 0 saturated heterocycles. The zero-order valence-corrected chi connectivity index (χ0v) is 10.4. The monoisotopic (exact) mass is 220 g/mol. The molecule has 0 spiro atoms. The molecule has 0 unspecified atom stereocenters. The smallest absolute Gasteiger partial charge is 0.309 e. The Hall–Kier alpha value is -0.530. The van der Waals surface area contributed by atoms with Crippen LogP contribution in [0.2, 0.25) is 0 Å². The van der Waals surface area contributed by atoms with Gasteiger partial charge in [-0.05, 0) is 75.5 Å². The van der Waals surface area contributed by atoms with E-state index in [2.05, 4.69) is 19.2 Å². The molecule has 0 aliphatic heterocycles. The van der Waals surface area contributed by atoms with Crippen molar-refractivity contribution in [2.45, 2.75) is 57.9 Å². The number of carbonyl (C=O) groups excluding carboxylic acids is 1. The third-order valence-corrected chi connectivity index (χ3v) is 5.73. The van der Waals surface area contributed by atoms with Crippen molar-refractivity contribution < 1.29 is 4.79 Å². The Morgan fingerprint density at radius 3 is 1.88 bits per heavy atom. The minimum atomic E-state index is -0.0647. The lowest BCUT2D eigenvalue weighted by Crippen LogP contribution is -2.61. The first-order chi connectivity index (χ1) is 7.55. The second kappa shape index (κ2) is 3.24. The van der Waals surface area contributed by atoms with Crippen molar-refractivity contribution in [1.82, 2.24) is 5.32 Å². The molecule has 0 atom stereocenters. The fourth-order valence-corrected chi connectivity index (χ4v) is 5.14. The van der Waals surface area contributed by atoms with Crippen LogP contribution >= 0.6 is 0 Å². The van der Waals surface area contributed by atoms with Gasteiger partial charge in [0.15, 0.2) is 0 Å². The van der Waals surface area contributed by atoms with Gasteiger partial charge in [0.25, 0.3) is 0 Å². The molecule has 4 aliphatic carbocycles. The fraction of sp³-hybridized carbons (Fsp3) is 0.929. The summed E-state index contributed by atoms with van der Waals surface area (Å²) in [5, 5.41) is 2.97. The van der Waals surface area contributed by atoms with Crippen LogP contribution in [0.15, 0.2) is 0 Å². The first-order valence-electron chi connectivity index (χ1n) is 6.69. The first-order valence-corrected chi connectivity index (χ1v) is 6.69. The maximum Gasteiger partial charge on any atom is 0.309 e. The molecule has 0 aromatic rings. The van der Waals surface area contributed by atoms with Gasteiger partial charge in [0.2, 0.25) is 0 Å². The van der Waals surface area contributed by atoms with Crippen molar-refractivity contribution in [2.75, 3.05) is 0 Å². The fourth-order valence-electron chi connectivity index (χ4n) is 5.14. The highest BCUT2D eigenvalue weighted by molar-refractivity contribution is 5.49. The summed E-state index contributed by atoms with van der Waals surface area (Å²) in [7, 11) is 0. The normalized spacial score (nSPS) is 45.8. The molecule has 1 N–H and O–H groups in total. The van der Waals surface area contributed by atoms with Gasteiger partial charge in [0.1, 0.15) is 0 Å². The lowest BCUT2D eigenvalue weighted by molar-refractivity contribution is -0.0937.